The molecule has 1 aromatic heterocycles. The van der Waals surface area contributed by atoms with Gasteiger partial charge in [-0.05, 0) is 36.8 Å². The number of carbonyl (C=O) groups excluding carboxylic acids is 1. The van der Waals surface area contributed by atoms with E-state index in [9.17, 15) is 14.7 Å². The van der Waals surface area contributed by atoms with Crippen LogP contribution in [0.3, 0.4) is 0 Å². The Labute approximate surface area is 213 Å². The van der Waals surface area contributed by atoms with Crippen molar-refractivity contribution >= 4 is 34.9 Å². The standard InChI is InChI=1S/C28H27ClFN3O3/c1-2-26(12-7-4-8-13-26)24(34)32-23-22(30)18-31-33(23)28(27(15-16-27)25(35)36)14-11-20(21(29)17-28)19-9-5-3-6-10-19/h3-12,14,18H,2,13,15-17H2,1H3,(H,32,34)(H,35,36)/t26?,28-/m0/s1. The molecule has 3 aliphatic carbocycles. The Morgan fingerprint density at radius 1 is 1.19 bits per heavy atom. The van der Waals surface area contributed by atoms with Crippen LogP contribution in [0.25, 0.3) is 5.57 Å². The number of nitrogens with zero attached hydrogens (tertiary/aromatic N) is 2. The summed E-state index contributed by atoms with van der Waals surface area (Å²) in [4.78, 5) is 26.0. The minimum atomic E-state index is -1.29. The number of allylic oxidation sites excluding steroid dienone is 7. The predicted octanol–water partition coefficient (Wildman–Crippen LogP) is 6.04. The average Bonchev–Trinajstić information content (AvgIpc) is 3.64. The van der Waals surface area contributed by atoms with Gasteiger partial charge in [0.25, 0.3) is 0 Å². The first-order valence-corrected chi connectivity index (χ1v) is 12.4. The summed E-state index contributed by atoms with van der Waals surface area (Å²) in [5.41, 5.74) is -1.66. The lowest BCUT2D eigenvalue weighted by atomic mass is 9.74. The van der Waals surface area contributed by atoms with Crippen molar-refractivity contribution in [1.82, 2.24) is 9.78 Å². The van der Waals surface area contributed by atoms with Gasteiger partial charge in [-0.1, -0.05) is 85.3 Å². The van der Waals surface area contributed by atoms with E-state index in [1.807, 2.05) is 61.6 Å². The molecule has 0 bridgehead atoms. The van der Waals surface area contributed by atoms with E-state index in [4.69, 9.17) is 11.6 Å². The van der Waals surface area contributed by atoms with E-state index in [0.717, 1.165) is 17.3 Å². The van der Waals surface area contributed by atoms with Crippen LogP contribution in [0.1, 0.15) is 44.6 Å². The first kappa shape index (κ1) is 24.3. The number of amides is 1. The first-order valence-electron chi connectivity index (χ1n) is 12.1. The maximum Gasteiger partial charge on any atom is 0.312 e. The largest absolute Gasteiger partial charge is 0.481 e. The zero-order chi connectivity index (χ0) is 25.6. The Balaban J connectivity index is 1.59. The number of aliphatic carboxylic acids is 1. The maximum atomic E-state index is 15.2. The molecule has 0 spiro atoms. The van der Waals surface area contributed by atoms with Crippen molar-refractivity contribution in [2.75, 3.05) is 5.32 Å². The normalized spacial score (nSPS) is 26.2. The molecule has 1 aromatic carbocycles. The lowest BCUT2D eigenvalue weighted by molar-refractivity contribution is -0.147. The SMILES string of the molecule is CCC1(C(=O)Nc2c(F)cnn2[C@@]2(C3(C(=O)O)CC3)C=CC(c3ccccc3)=C(Cl)C2)C=CC=CC1. The number of anilines is 1. The molecule has 6 nitrogen and oxygen atoms in total. The smallest absolute Gasteiger partial charge is 0.312 e. The molecule has 3 aliphatic rings. The van der Waals surface area contributed by atoms with Gasteiger partial charge >= 0.3 is 5.97 Å². The van der Waals surface area contributed by atoms with Crippen molar-refractivity contribution in [3.63, 3.8) is 0 Å². The zero-order valence-electron chi connectivity index (χ0n) is 19.9. The van der Waals surface area contributed by atoms with Gasteiger partial charge in [-0.3, -0.25) is 9.59 Å². The van der Waals surface area contributed by atoms with Gasteiger partial charge in [0.05, 0.1) is 17.0 Å². The third-order valence-electron chi connectivity index (χ3n) is 7.88. The number of hydrogen-bond acceptors (Lipinski definition) is 3. The Kier molecular flexibility index (Phi) is 5.99. The molecule has 1 unspecified atom stereocenters. The fraction of sp³-hybridized carbons (Fsp3) is 0.321. The molecule has 0 saturated heterocycles. The van der Waals surface area contributed by atoms with Gasteiger partial charge in [0, 0.05) is 11.5 Å². The van der Waals surface area contributed by atoms with Gasteiger partial charge in [-0.2, -0.15) is 5.10 Å². The van der Waals surface area contributed by atoms with Crippen LogP contribution in [0.15, 0.2) is 78.0 Å². The second kappa shape index (κ2) is 8.89. The Bertz CT molecular complexity index is 1340. The minimum absolute atomic E-state index is 0.104. The number of halogens is 2. The topological polar surface area (TPSA) is 84.2 Å². The van der Waals surface area contributed by atoms with Gasteiger partial charge in [0.15, 0.2) is 11.6 Å². The summed E-state index contributed by atoms with van der Waals surface area (Å²) in [6.07, 6.45) is 13.9. The van der Waals surface area contributed by atoms with E-state index in [2.05, 4.69) is 10.4 Å². The summed E-state index contributed by atoms with van der Waals surface area (Å²) in [6.45, 7) is 1.90. The Morgan fingerprint density at radius 3 is 2.53 bits per heavy atom. The van der Waals surface area contributed by atoms with Crippen LogP contribution in [0.5, 0.6) is 0 Å². The van der Waals surface area contributed by atoms with Gasteiger partial charge < -0.3 is 10.4 Å². The van der Waals surface area contributed by atoms with Crippen LogP contribution in [0, 0.1) is 16.6 Å². The highest BCUT2D eigenvalue weighted by Gasteiger charge is 2.66. The second-order valence-corrected chi connectivity index (χ2v) is 10.2. The van der Waals surface area contributed by atoms with E-state index >= 15 is 4.39 Å². The minimum Gasteiger partial charge on any atom is -0.481 e. The van der Waals surface area contributed by atoms with E-state index in [-0.39, 0.29) is 18.1 Å². The van der Waals surface area contributed by atoms with E-state index in [1.165, 1.54) is 4.68 Å². The third-order valence-corrected chi connectivity index (χ3v) is 8.21. The number of benzene rings is 1. The molecular formula is C28H27ClFN3O3. The van der Waals surface area contributed by atoms with Crippen LogP contribution in [-0.4, -0.2) is 26.8 Å². The molecule has 0 aliphatic heterocycles. The molecular weight excluding hydrogens is 481 g/mol. The summed E-state index contributed by atoms with van der Waals surface area (Å²) in [7, 11) is 0. The van der Waals surface area contributed by atoms with Crippen molar-refractivity contribution < 1.29 is 19.1 Å². The van der Waals surface area contributed by atoms with Crippen molar-refractivity contribution in [1.29, 1.82) is 0 Å². The summed E-state index contributed by atoms with van der Waals surface area (Å²) < 4.78 is 16.5. The molecule has 36 heavy (non-hydrogen) atoms. The van der Waals surface area contributed by atoms with Gasteiger partial charge in [-0.15, -0.1) is 0 Å². The van der Waals surface area contributed by atoms with Crippen molar-refractivity contribution in [2.24, 2.45) is 10.8 Å². The van der Waals surface area contributed by atoms with Gasteiger partial charge in [0.2, 0.25) is 5.91 Å². The molecule has 1 fully saturated rings. The Hall–Kier alpha value is -3.45. The molecule has 0 radical (unpaired) electrons. The van der Waals surface area contributed by atoms with Crippen LogP contribution >= 0.6 is 11.6 Å². The summed E-state index contributed by atoms with van der Waals surface area (Å²) in [5, 5.41) is 17.8. The monoisotopic (exact) mass is 507 g/mol. The van der Waals surface area contributed by atoms with Gasteiger partial charge in [-0.25, -0.2) is 9.07 Å². The molecule has 5 rings (SSSR count). The molecule has 2 N–H and O–H groups in total. The highest BCUT2D eigenvalue weighted by atomic mass is 35.5. The van der Waals surface area contributed by atoms with E-state index < -0.39 is 28.2 Å². The predicted molar refractivity (Wildman–Crippen MR) is 137 cm³/mol. The highest BCUT2D eigenvalue weighted by Crippen LogP contribution is 2.63. The van der Waals surface area contributed by atoms with E-state index in [0.29, 0.717) is 30.7 Å². The van der Waals surface area contributed by atoms with Crippen LogP contribution in [0.4, 0.5) is 10.2 Å². The second-order valence-electron chi connectivity index (χ2n) is 9.71. The number of carbonyl (C=O) groups is 2. The number of carboxylic acid groups (broad SMARTS) is 1. The molecule has 186 valence electrons. The number of aromatic nitrogens is 2. The average molecular weight is 508 g/mol. The number of rotatable bonds is 7. The number of hydrogen-bond donors (Lipinski definition) is 2. The highest BCUT2D eigenvalue weighted by molar-refractivity contribution is 6.33. The zero-order valence-corrected chi connectivity index (χ0v) is 20.6. The maximum absolute atomic E-state index is 15.2. The lowest BCUT2D eigenvalue weighted by Crippen LogP contribution is -2.48. The molecule has 2 aromatic rings. The number of carboxylic acids is 1. The quantitative estimate of drug-likeness (QED) is 0.478. The lowest BCUT2D eigenvalue weighted by Gasteiger charge is -2.40. The van der Waals surface area contributed by atoms with Crippen molar-refractivity contribution in [3.8, 4) is 0 Å². The molecule has 2 atom stereocenters. The first-order chi connectivity index (χ1) is 17.3. The summed E-state index contributed by atoms with van der Waals surface area (Å²) >= 11 is 6.82. The van der Waals surface area contributed by atoms with Crippen LogP contribution in [-0.2, 0) is 15.1 Å². The molecule has 8 heteroatoms. The Morgan fingerprint density at radius 2 is 1.94 bits per heavy atom. The van der Waals surface area contributed by atoms with Crippen LogP contribution in [0.2, 0.25) is 0 Å². The summed E-state index contributed by atoms with van der Waals surface area (Å²) in [6, 6.07) is 9.55. The van der Waals surface area contributed by atoms with Crippen LogP contribution < -0.4 is 5.32 Å². The summed E-state index contributed by atoms with van der Waals surface area (Å²) in [5.74, 6) is -2.25. The van der Waals surface area contributed by atoms with Gasteiger partial charge in [0.1, 0.15) is 5.54 Å². The van der Waals surface area contributed by atoms with E-state index in [1.54, 1.807) is 12.2 Å². The molecule has 1 saturated carbocycles. The van der Waals surface area contributed by atoms with Crippen molar-refractivity contribution in [3.05, 3.63) is 89.4 Å². The number of nitrogens with one attached hydrogen (secondary N) is 1. The fourth-order valence-electron chi connectivity index (χ4n) is 5.44. The fourth-order valence-corrected chi connectivity index (χ4v) is 5.81. The molecule has 1 heterocycles. The molecule has 1 amide bonds. The van der Waals surface area contributed by atoms with Crippen molar-refractivity contribution in [2.45, 2.75) is 44.6 Å². The third kappa shape index (κ3) is 3.64.